The lowest BCUT2D eigenvalue weighted by molar-refractivity contribution is -0.126. The van der Waals surface area contributed by atoms with E-state index in [1.54, 1.807) is 42.2 Å². The minimum Gasteiger partial charge on any atom is -0.357 e. The smallest absolute Gasteiger partial charge is 0.323 e. The predicted octanol–water partition coefficient (Wildman–Crippen LogP) is 3.77. The molecule has 0 radical (unpaired) electrons. The van der Waals surface area contributed by atoms with Crippen LogP contribution in [-0.2, 0) is 11.3 Å². The molecule has 3 amide bonds. The van der Waals surface area contributed by atoms with Crippen LogP contribution >= 0.6 is 0 Å². The molecule has 3 heterocycles. The van der Waals surface area contributed by atoms with Crippen LogP contribution in [0.3, 0.4) is 0 Å². The summed E-state index contributed by atoms with van der Waals surface area (Å²) in [5.41, 5.74) is 3.78. The molecule has 7 nitrogen and oxygen atoms in total. The lowest BCUT2D eigenvalue weighted by Crippen LogP contribution is -2.35. The van der Waals surface area contributed by atoms with Gasteiger partial charge in [-0.05, 0) is 42.1 Å². The number of likely N-dealkylation sites (N-methyl/N-ethyl adjacent to an activating group) is 1. The highest BCUT2D eigenvalue weighted by molar-refractivity contribution is 5.93. The number of hydrogen-bond donors (Lipinski definition) is 2. The summed E-state index contributed by atoms with van der Waals surface area (Å²) in [4.78, 5) is 35.3. The maximum Gasteiger partial charge on any atom is 0.323 e. The molecule has 1 aliphatic heterocycles. The monoisotopic (exact) mass is 389 g/mol. The van der Waals surface area contributed by atoms with E-state index in [0.29, 0.717) is 12.4 Å². The first-order valence-corrected chi connectivity index (χ1v) is 9.46. The van der Waals surface area contributed by atoms with Gasteiger partial charge < -0.3 is 14.8 Å². The standard InChI is InChI=1S/C22H23N5O2/c1-14(19-11-16-6-4-5-7-18(16)24-19)27(3)20(28)9-8-15-10-17-13-26(2)22(29)25-21(17)23-12-15/h4-12,14,24H,13H2,1-3H3,(H,23,25,29). The van der Waals surface area contributed by atoms with Crippen LogP contribution in [0.2, 0.25) is 0 Å². The Morgan fingerprint density at radius 1 is 1.31 bits per heavy atom. The molecule has 2 aromatic heterocycles. The van der Waals surface area contributed by atoms with Gasteiger partial charge in [0.15, 0.2) is 0 Å². The zero-order valence-electron chi connectivity index (χ0n) is 16.6. The fourth-order valence-electron chi connectivity index (χ4n) is 3.38. The van der Waals surface area contributed by atoms with Crippen molar-refractivity contribution >= 4 is 34.7 Å². The van der Waals surface area contributed by atoms with Crippen molar-refractivity contribution in [2.75, 3.05) is 19.4 Å². The van der Waals surface area contributed by atoms with Crippen molar-refractivity contribution in [3.8, 4) is 0 Å². The van der Waals surface area contributed by atoms with Crippen molar-refractivity contribution in [1.29, 1.82) is 0 Å². The number of anilines is 1. The number of para-hydroxylation sites is 1. The molecule has 0 spiro atoms. The van der Waals surface area contributed by atoms with Crippen LogP contribution in [0.15, 0.2) is 48.7 Å². The molecule has 0 saturated carbocycles. The Kier molecular flexibility index (Phi) is 4.80. The molecule has 1 unspecified atom stereocenters. The van der Waals surface area contributed by atoms with Crippen LogP contribution in [0.4, 0.5) is 10.6 Å². The van der Waals surface area contributed by atoms with E-state index in [4.69, 9.17) is 0 Å². The van der Waals surface area contributed by atoms with Gasteiger partial charge in [-0.25, -0.2) is 9.78 Å². The molecule has 29 heavy (non-hydrogen) atoms. The molecule has 3 aromatic rings. The van der Waals surface area contributed by atoms with Crippen molar-refractivity contribution < 1.29 is 9.59 Å². The van der Waals surface area contributed by atoms with Gasteiger partial charge in [0.2, 0.25) is 5.91 Å². The van der Waals surface area contributed by atoms with Crippen LogP contribution in [0.1, 0.15) is 29.8 Å². The SMILES string of the molecule is CC(c1cc2ccccc2[nH]1)N(C)C(=O)C=Cc1cnc2c(c1)CN(C)C(=O)N2. The zero-order valence-corrected chi connectivity index (χ0v) is 16.6. The largest absolute Gasteiger partial charge is 0.357 e. The van der Waals surface area contributed by atoms with Crippen LogP contribution in [0.25, 0.3) is 17.0 Å². The molecule has 1 aliphatic rings. The molecular weight excluding hydrogens is 366 g/mol. The number of fused-ring (bicyclic) bond motifs is 2. The highest BCUT2D eigenvalue weighted by atomic mass is 16.2. The number of carbonyl (C=O) groups is 2. The topological polar surface area (TPSA) is 81.3 Å². The van der Waals surface area contributed by atoms with Gasteiger partial charge in [0.05, 0.1) is 12.6 Å². The molecule has 4 rings (SSSR count). The first kappa shape index (κ1) is 18.7. The number of aromatic amines is 1. The molecule has 148 valence electrons. The first-order valence-electron chi connectivity index (χ1n) is 9.46. The third-order valence-corrected chi connectivity index (χ3v) is 5.32. The second-order valence-corrected chi connectivity index (χ2v) is 7.33. The summed E-state index contributed by atoms with van der Waals surface area (Å²) in [6.45, 7) is 2.48. The van der Waals surface area contributed by atoms with E-state index in [-0.39, 0.29) is 18.0 Å². The van der Waals surface area contributed by atoms with Crippen LogP contribution in [0.5, 0.6) is 0 Å². The number of nitrogens with one attached hydrogen (secondary N) is 2. The van der Waals surface area contributed by atoms with Crippen molar-refractivity contribution in [2.24, 2.45) is 0 Å². The van der Waals surface area contributed by atoms with Crippen molar-refractivity contribution in [3.63, 3.8) is 0 Å². The summed E-state index contributed by atoms with van der Waals surface area (Å²) in [6.07, 6.45) is 4.95. The Labute approximate surface area is 169 Å². The number of hydrogen-bond acceptors (Lipinski definition) is 3. The van der Waals surface area contributed by atoms with Gasteiger partial charge in [-0.3, -0.25) is 10.1 Å². The number of amides is 3. The Bertz CT molecular complexity index is 1080. The van der Waals surface area contributed by atoms with Crippen molar-refractivity contribution in [2.45, 2.75) is 19.5 Å². The second kappa shape index (κ2) is 7.43. The van der Waals surface area contributed by atoms with Gasteiger partial charge in [0.1, 0.15) is 5.82 Å². The number of nitrogens with zero attached hydrogens (tertiary/aromatic N) is 3. The normalized spacial score (nSPS) is 14.7. The van der Waals surface area contributed by atoms with Gasteiger partial charge in [0, 0.05) is 43.1 Å². The Balaban J connectivity index is 1.47. The number of aromatic nitrogens is 2. The van der Waals surface area contributed by atoms with E-state index in [9.17, 15) is 9.59 Å². The number of H-pyrrole nitrogens is 1. The Morgan fingerprint density at radius 2 is 2.10 bits per heavy atom. The third kappa shape index (κ3) is 3.71. The number of pyridine rings is 1. The lowest BCUT2D eigenvalue weighted by atomic mass is 10.1. The molecular formula is C22H23N5O2. The van der Waals surface area contributed by atoms with Crippen molar-refractivity contribution in [3.05, 3.63) is 65.5 Å². The summed E-state index contributed by atoms with van der Waals surface area (Å²) in [5, 5.41) is 3.86. The number of benzene rings is 1. The quantitative estimate of drug-likeness (QED) is 0.667. The minimum atomic E-state index is -0.170. The third-order valence-electron chi connectivity index (χ3n) is 5.32. The second-order valence-electron chi connectivity index (χ2n) is 7.33. The van der Waals surface area contributed by atoms with Gasteiger partial charge in [-0.2, -0.15) is 0 Å². The average Bonchev–Trinajstić information content (AvgIpc) is 3.16. The van der Waals surface area contributed by atoms with E-state index < -0.39 is 0 Å². The summed E-state index contributed by atoms with van der Waals surface area (Å²) in [6, 6.07) is 11.8. The predicted molar refractivity (Wildman–Crippen MR) is 113 cm³/mol. The first-order chi connectivity index (χ1) is 13.9. The molecule has 1 atom stereocenters. The summed E-state index contributed by atoms with van der Waals surface area (Å²) >= 11 is 0. The van der Waals surface area contributed by atoms with E-state index in [1.165, 1.54) is 0 Å². The molecule has 1 aromatic carbocycles. The fourth-order valence-corrected chi connectivity index (χ4v) is 3.38. The molecule has 0 saturated heterocycles. The Hall–Kier alpha value is -3.61. The van der Waals surface area contributed by atoms with E-state index in [2.05, 4.69) is 21.4 Å². The van der Waals surface area contributed by atoms with Crippen LogP contribution < -0.4 is 5.32 Å². The summed E-state index contributed by atoms with van der Waals surface area (Å²) in [5.74, 6) is 0.473. The number of rotatable bonds is 4. The van der Waals surface area contributed by atoms with E-state index >= 15 is 0 Å². The van der Waals surface area contributed by atoms with Crippen molar-refractivity contribution in [1.82, 2.24) is 19.8 Å². The summed E-state index contributed by atoms with van der Waals surface area (Å²) in [7, 11) is 3.52. The minimum absolute atomic E-state index is 0.0925. The van der Waals surface area contributed by atoms with Gasteiger partial charge in [-0.1, -0.05) is 18.2 Å². The van der Waals surface area contributed by atoms with Crippen LogP contribution in [-0.4, -0.2) is 45.8 Å². The average molecular weight is 389 g/mol. The number of carbonyl (C=O) groups excluding carboxylic acids is 2. The van der Waals surface area contributed by atoms with Crippen LogP contribution in [0, 0.1) is 0 Å². The highest BCUT2D eigenvalue weighted by Crippen LogP contribution is 2.24. The zero-order chi connectivity index (χ0) is 20.5. The van der Waals surface area contributed by atoms with Gasteiger partial charge in [-0.15, -0.1) is 0 Å². The molecule has 0 fully saturated rings. The maximum absolute atomic E-state index is 12.7. The lowest BCUT2D eigenvalue weighted by Gasteiger charge is -2.25. The van der Waals surface area contributed by atoms with Gasteiger partial charge >= 0.3 is 6.03 Å². The summed E-state index contributed by atoms with van der Waals surface area (Å²) < 4.78 is 0. The molecule has 7 heteroatoms. The van der Waals surface area contributed by atoms with Gasteiger partial charge in [0.25, 0.3) is 0 Å². The van der Waals surface area contributed by atoms with E-state index in [1.807, 2.05) is 37.3 Å². The highest BCUT2D eigenvalue weighted by Gasteiger charge is 2.20. The molecule has 0 bridgehead atoms. The molecule has 2 N–H and O–H groups in total. The number of urea groups is 1. The van der Waals surface area contributed by atoms with E-state index in [0.717, 1.165) is 27.7 Å². The fraction of sp³-hybridized carbons (Fsp3) is 0.227. The Morgan fingerprint density at radius 3 is 2.90 bits per heavy atom. The maximum atomic E-state index is 12.7. The molecule has 0 aliphatic carbocycles.